The molecule has 1 saturated heterocycles. The number of ether oxygens (including phenoxy) is 3. The van der Waals surface area contributed by atoms with Gasteiger partial charge in [0.15, 0.2) is 6.10 Å². The van der Waals surface area contributed by atoms with E-state index in [9.17, 15) is 9.59 Å². The van der Waals surface area contributed by atoms with Crippen molar-refractivity contribution < 1.29 is 23.8 Å². The van der Waals surface area contributed by atoms with Gasteiger partial charge in [-0.1, -0.05) is 6.08 Å². The average molecular weight is 489 g/mol. The van der Waals surface area contributed by atoms with E-state index < -0.39 is 17.8 Å². The highest BCUT2D eigenvalue weighted by atomic mass is 16.6. The lowest BCUT2D eigenvalue weighted by molar-refractivity contribution is -0.149. The Morgan fingerprint density at radius 3 is 2.74 bits per heavy atom. The second kappa shape index (κ2) is 10.7. The molecule has 0 spiro atoms. The molecule has 0 aromatic carbocycles. The Morgan fingerprint density at radius 2 is 2.06 bits per heavy atom. The normalized spacial score (nSPS) is 26.3. The van der Waals surface area contributed by atoms with Crippen molar-refractivity contribution in [1.82, 2.24) is 14.7 Å². The van der Waals surface area contributed by atoms with Crippen molar-refractivity contribution in [2.45, 2.75) is 70.9 Å². The third kappa shape index (κ3) is 6.44. The fourth-order valence-electron chi connectivity index (χ4n) is 4.83. The molecule has 0 bridgehead atoms. The first-order valence-corrected chi connectivity index (χ1v) is 12.7. The van der Waals surface area contributed by atoms with Gasteiger partial charge in [-0.2, -0.15) is 0 Å². The first-order valence-electron chi connectivity index (χ1n) is 12.7. The van der Waals surface area contributed by atoms with E-state index in [0.717, 1.165) is 31.5 Å². The number of methoxy groups -OCH3 is 1. The first-order chi connectivity index (χ1) is 16.7. The lowest BCUT2D eigenvalue weighted by Crippen LogP contribution is -2.54. The minimum absolute atomic E-state index is 0.0385. The van der Waals surface area contributed by atoms with Gasteiger partial charge in [0.05, 0.1) is 13.2 Å². The molecular formula is C26H40N4O5. The number of morpholine rings is 1. The van der Waals surface area contributed by atoms with Gasteiger partial charge in [-0.3, -0.25) is 9.79 Å². The quantitative estimate of drug-likeness (QED) is 0.489. The van der Waals surface area contributed by atoms with Crippen molar-refractivity contribution in [3.63, 3.8) is 0 Å². The zero-order valence-electron chi connectivity index (χ0n) is 21.7. The van der Waals surface area contributed by atoms with Gasteiger partial charge in [-0.05, 0) is 58.6 Å². The van der Waals surface area contributed by atoms with Crippen LogP contribution in [0.5, 0.6) is 0 Å². The van der Waals surface area contributed by atoms with Gasteiger partial charge in [0.25, 0.3) is 5.91 Å². The monoisotopic (exact) mass is 488 g/mol. The fourth-order valence-corrected chi connectivity index (χ4v) is 4.83. The minimum Gasteiger partial charge on any atom is -0.444 e. The Bertz CT molecular complexity index is 889. The van der Waals surface area contributed by atoms with Gasteiger partial charge >= 0.3 is 6.09 Å². The molecule has 1 aliphatic carbocycles. The van der Waals surface area contributed by atoms with Crippen LogP contribution in [0.2, 0.25) is 0 Å². The van der Waals surface area contributed by atoms with Crippen LogP contribution in [0.4, 0.5) is 4.79 Å². The summed E-state index contributed by atoms with van der Waals surface area (Å²) < 4.78 is 16.6. The van der Waals surface area contributed by atoms with E-state index in [-0.39, 0.29) is 30.6 Å². The van der Waals surface area contributed by atoms with E-state index in [1.165, 1.54) is 5.57 Å². The third-order valence-corrected chi connectivity index (χ3v) is 6.68. The Labute approximate surface area is 208 Å². The number of carbonyl (C=O) groups excluding carboxylic acids is 2. The second-order valence-corrected chi connectivity index (χ2v) is 10.8. The van der Waals surface area contributed by atoms with Crippen molar-refractivity contribution >= 4 is 17.7 Å². The lowest BCUT2D eigenvalue weighted by Gasteiger charge is -2.36. The molecule has 2 unspecified atom stereocenters. The van der Waals surface area contributed by atoms with Crippen LogP contribution in [0.3, 0.4) is 0 Å². The van der Waals surface area contributed by atoms with Crippen LogP contribution in [0.1, 0.15) is 47.0 Å². The number of allylic oxidation sites excluding steroid dienone is 1. The largest absolute Gasteiger partial charge is 0.444 e. The summed E-state index contributed by atoms with van der Waals surface area (Å²) in [5, 5.41) is 0. The number of fused-ring (bicyclic) bond motifs is 1. The predicted octanol–water partition coefficient (Wildman–Crippen LogP) is 2.82. The van der Waals surface area contributed by atoms with Crippen molar-refractivity contribution in [2.24, 2.45) is 10.9 Å². The topological polar surface area (TPSA) is 83.9 Å². The maximum absolute atomic E-state index is 13.6. The summed E-state index contributed by atoms with van der Waals surface area (Å²) in [5.41, 5.74) is 1.63. The standard InChI is InChI=1S/C26H40N4O5/c1-18-7-10-21-19(15-28(23(21)27-18)11-6-13-33-5)16-30(20-8-9-20)24(31)22-17-29(12-14-34-22)25(32)35-26(2,3)4/h7,10,15,20-23H,6,8-9,11-14,16-17H2,1-5H3/t21?,22-,23?/m1/s1. The highest BCUT2D eigenvalue weighted by molar-refractivity contribution is 5.93. The van der Waals surface area contributed by atoms with Crippen molar-refractivity contribution in [2.75, 3.05) is 46.5 Å². The van der Waals surface area contributed by atoms with Crippen molar-refractivity contribution in [3.8, 4) is 0 Å². The molecule has 0 aromatic rings. The van der Waals surface area contributed by atoms with E-state index in [2.05, 4.69) is 23.3 Å². The maximum atomic E-state index is 13.6. The van der Waals surface area contributed by atoms with Crippen LogP contribution in [-0.2, 0) is 19.0 Å². The number of dihydropyridines is 1. The van der Waals surface area contributed by atoms with Crippen molar-refractivity contribution in [1.29, 1.82) is 0 Å². The van der Waals surface area contributed by atoms with E-state index in [1.807, 2.05) is 32.6 Å². The maximum Gasteiger partial charge on any atom is 0.410 e. The van der Waals surface area contributed by atoms with Crippen LogP contribution >= 0.6 is 0 Å². The molecule has 194 valence electrons. The van der Waals surface area contributed by atoms with Crippen LogP contribution in [0, 0.1) is 5.92 Å². The molecule has 3 aliphatic heterocycles. The number of hydrogen-bond acceptors (Lipinski definition) is 7. The summed E-state index contributed by atoms with van der Waals surface area (Å²) in [6, 6.07) is 0.225. The number of carbonyl (C=O) groups is 2. The predicted molar refractivity (Wildman–Crippen MR) is 133 cm³/mol. The number of hydrogen-bond donors (Lipinski definition) is 0. The van der Waals surface area contributed by atoms with E-state index in [0.29, 0.717) is 26.3 Å². The molecule has 9 heteroatoms. The smallest absolute Gasteiger partial charge is 0.410 e. The summed E-state index contributed by atoms with van der Waals surface area (Å²) in [6.45, 7) is 10.6. The molecule has 3 heterocycles. The average Bonchev–Trinajstić information content (AvgIpc) is 3.59. The number of amides is 2. The molecule has 35 heavy (non-hydrogen) atoms. The summed E-state index contributed by atoms with van der Waals surface area (Å²) in [6.07, 6.45) is 8.36. The van der Waals surface area contributed by atoms with E-state index in [1.54, 1.807) is 12.0 Å². The van der Waals surface area contributed by atoms with E-state index >= 15 is 0 Å². The van der Waals surface area contributed by atoms with Crippen LogP contribution < -0.4 is 0 Å². The zero-order chi connectivity index (χ0) is 25.2. The SMILES string of the molecule is COCCCN1C=C(CN(C(=O)[C@H]2CN(C(=O)OC(C)(C)C)CCO2)C2CC2)C2C=CC(C)=NC21. The zero-order valence-corrected chi connectivity index (χ0v) is 21.7. The Morgan fingerprint density at radius 1 is 1.29 bits per heavy atom. The number of nitrogens with zero attached hydrogens (tertiary/aromatic N) is 4. The molecule has 3 atom stereocenters. The number of rotatable bonds is 8. The molecule has 4 rings (SSSR count). The van der Waals surface area contributed by atoms with Crippen LogP contribution in [0.25, 0.3) is 0 Å². The summed E-state index contributed by atoms with van der Waals surface area (Å²) in [5.74, 6) is 0.108. The highest BCUT2D eigenvalue weighted by Crippen LogP contribution is 2.36. The Kier molecular flexibility index (Phi) is 7.86. The molecule has 0 N–H and O–H groups in total. The Balaban J connectivity index is 1.45. The van der Waals surface area contributed by atoms with E-state index in [4.69, 9.17) is 19.2 Å². The van der Waals surface area contributed by atoms with Gasteiger partial charge in [0.2, 0.25) is 0 Å². The Hall–Kier alpha value is -2.39. The molecule has 9 nitrogen and oxygen atoms in total. The van der Waals surface area contributed by atoms with Crippen LogP contribution in [-0.4, -0.2) is 103 Å². The molecule has 2 fully saturated rings. The lowest BCUT2D eigenvalue weighted by atomic mass is 9.95. The first kappa shape index (κ1) is 25.7. The van der Waals surface area contributed by atoms with Gasteiger partial charge in [0.1, 0.15) is 11.8 Å². The molecule has 0 aromatic heterocycles. The number of aliphatic imine (C=N–C) groups is 1. The van der Waals surface area contributed by atoms with Crippen LogP contribution in [0.15, 0.2) is 28.9 Å². The third-order valence-electron chi connectivity index (χ3n) is 6.68. The highest BCUT2D eigenvalue weighted by Gasteiger charge is 2.42. The second-order valence-electron chi connectivity index (χ2n) is 10.8. The van der Waals surface area contributed by atoms with Gasteiger partial charge in [-0.15, -0.1) is 0 Å². The van der Waals surface area contributed by atoms with Crippen molar-refractivity contribution in [3.05, 3.63) is 23.9 Å². The molecule has 1 saturated carbocycles. The summed E-state index contributed by atoms with van der Waals surface area (Å²) in [7, 11) is 1.72. The summed E-state index contributed by atoms with van der Waals surface area (Å²) in [4.78, 5) is 37.0. The van der Waals surface area contributed by atoms with Gasteiger partial charge < -0.3 is 28.9 Å². The molecule has 2 amide bonds. The minimum atomic E-state index is -0.672. The summed E-state index contributed by atoms with van der Waals surface area (Å²) >= 11 is 0. The molecule has 4 aliphatic rings. The fraction of sp³-hybridized carbons (Fsp3) is 0.731. The van der Waals surface area contributed by atoms with Gasteiger partial charge in [0, 0.05) is 57.2 Å². The molecular weight excluding hydrogens is 448 g/mol. The van der Waals surface area contributed by atoms with Gasteiger partial charge in [-0.25, -0.2) is 4.79 Å². The molecule has 0 radical (unpaired) electrons.